The molecule has 3 rings (SSSR count). The van der Waals surface area contributed by atoms with Crippen LogP contribution < -0.4 is 14.9 Å². The van der Waals surface area contributed by atoms with E-state index in [9.17, 15) is 29.7 Å². The average Bonchev–Trinajstić information content (AvgIpc) is 2.58. The molecule has 0 aliphatic rings. The van der Waals surface area contributed by atoms with Gasteiger partial charge >= 0.3 is 11.9 Å². The molecule has 0 spiro atoms. The van der Waals surface area contributed by atoms with Crippen LogP contribution in [0.15, 0.2) is 39.5 Å². The van der Waals surface area contributed by atoms with Gasteiger partial charge in [0, 0.05) is 31.5 Å². The Labute approximate surface area is 157 Å². The van der Waals surface area contributed by atoms with Crippen molar-refractivity contribution in [2.75, 3.05) is 0 Å². The molecule has 9 nitrogen and oxygen atoms in total. The van der Waals surface area contributed by atoms with Gasteiger partial charge in [0.05, 0.1) is 0 Å². The van der Waals surface area contributed by atoms with Gasteiger partial charge in [0.2, 0.25) is 11.2 Å². The lowest BCUT2D eigenvalue weighted by atomic mass is 10.1. The number of hydrogen-bond acceptors (Lipinski definition) is 9. The zero-order valence-electron chi connectivity index (χ0n) is 14.7. The second-order valence-electron chi connectivity index (χ2n) is 5.80. The monoisotopic (exact) mass is 386 g/mol. The van der Waals surface area contributed by atoms with Crippen LogP contribution in [0.1, 0.15) is 13.8 Å². The smallest absolute Gasteiger partial charge is 0.308 e. The molecule has 0 atom stereocenters. The molecule has 0 saturated carbocycles. The molecule has 1 aromatic heterocycles. The lowest BCUT2D eigenvalue weighted by Gasteiger charge is -2.11. The lowest BCUT2D eigenvalue weighted by molar-refractivity contribution is -0.134. The van der Waals surface area contributed by atoms with Crippen LogP contribution in [-0.4, -0.2) is 27.3 Å². The Balaban J connectivity index is 2.24. The number of carbonyl (C=O) groups excluding carboxylic acids is 2. The second kappa shape index (κ2) is 6.95. The Kier molecular flexibility index (Phi) is 4.66. The number of aromatic hydroxyl groups is 3. The van der Waals surface area contributed by atoms with Crippen LogP contribution in [0.2, 0.25) is 0 Å². The van der Waals surface area contributed by atoms with E-state index in [0.717, 1.165) is 19.1 Å². The van der Waals surface area contributed by atoms with Crippen LogP contribution in [0.5, 0.6) is 28.7 Å². The number of hydrogen-bond donors (Lipinski definition) is 3. The van der Waals surface area contributed by atoms with Gasteiger partial charge in [0.25, 0.3) is 0 Å². The number of phenolic OH excluding ortho intramolecular Hbond substituents is 2. The Morgan fingerprint density at radius 2 is 1.57 bits per heavy atom. The molecular formula is C19H14O9. The summed E-state index contributed by atoms with van der Waals surface area (Å²) in [4.78, 5) is 35.0. The molecule has 0 unspecified atom stereocenters. The van der Waals surface area contributed by atoms with Crippen molar-refractivity contribution in [1.82, 2.24) is 0 Å². The first-order valence-electron chi connectivity index (χ1n) is 7.90. The van der Waals surface area contributed by atoms with Crippen molar-refractivity contribution in [3.8, 4) is 40.1 Å². The van der Waals surface area contributed by atoms with E-state index in [0.29, 0.717) is 0 Å². The summed E-state index contributed by atoms with van der Waals surface area (Å²) in [6, 6.07) is 5.91. The zero-order chi connectivity index (χ0) is 20.6. The second-order valence-corrected chi connectivity index (χ2v) is 5.80. The number of benzene rings is 2. The van der Waals surface area contributed by atoms with Gasteiger partial charge in [-0.1, -0.05) is 0 Å². The van der Waals surface area contributed by atoms with Gasteiger partial charge < -0.3 is 29.2 Å². The molecule has 0 amide bonds. The Morgan fingerprint density at radius 3 is 2.21 bits per heavy atom. The molecule has 0 radical (unpaired) electrons. The Morgan fingerprint density at radius 1 is 0.929 bits per heavy atom. The molecule has 0 bridgehead atoms. The van der Waals surface area contributed by atoms with E-state index in [2.05, 4.69) is 0 Å². The Hall–Kier alpha value is -4.01. The van der Waals surface area contributed by atoms with Crippen LogP contribution in [0.25, 0.3) is 22.3 Å². The number of rotatable bonds is 3. The van der Waals surface area contributed by atoms with Crippen molar-refractivity contribution < 1.29 is 38.8 Å². The summed E-state index contributed by atoms with van der Waals surface area (Å²) in [7, 11) is 0. The third kappa shape index (κ3) is 3.45. The van der Waals surface area contributed by atoms with Crippen LogP contribution >= 0.6 is 0 Å². The van der Waals surface area contributed by atoms with Crippen molar-refractivity contribution in [3.63, 3.8) is 0 Å². The van der Waals surface area contributed by atoms with E-state index in [-0.39, 0.29) is 39.5 Å². The number of carbonyl (C=O) groups is 2. The van der Waals surface area contributed by atoms with E-state index in [4.69, 9.17) is 13.9 Å². The first kappa shape index (κ1) is 18.8. The summed E-state index contributed by atoms with van der Waals surface area (Å²) in [5, 5.41) is 29.4. The highest BCUT2D eigenvalue weighted by molar-refractivity contribution is 5.88. The Bertz CT molecular complexity index is 1170. The molecule has 0 aliphatic carbocycles. The average molecular weight is 386 g/mol. The van der Waals surface area contributed by atoms with Crippen molar-refractivity contribution in [1.29, 1.82) is 0 Å². The van der Waals surface area contributed by atoms with E-state index < -0.39 is 28.9 Å². The number of fused-ring (bicyclic) bond motifs is 1. The van der Waals surface area contributed by atoms with Gasteiger partial charge in [-0.2, -0.15) is 0 Å². The lowest BCUT2D eigenvalue weighted by Crippen LogP contribution is -2.07. The largest absolute Gasteiger partial charge is 0.508 e. The normalized spacial score (nSPS) is 10.6. The van der Waals surface area contributed by atoms with Gasteiger partial charge in [0.1, 0.15) is 22.5 Å². The predicted molar refractivity (Wildman–Crippen MR) is 95.5 cm³/mol. The van der Waals surface area contributed by atoms with Crippen LogP contribution in [-0.2, 0) is 9.59 Å². The summed E-state index contributed by atoms with van der Waals surface area (Å²) in [5.74, 6) is -3.54. The summed E-state index contributed by atoms with van der Waals surface area (Å²) < 4.78 is 15.4. The minimum Gasteiger partial charge on any atom is -0.508 e. The first-order chi connectivity index (χ1) is 13.2. The number of esters is 2. The minimum atomic E-state index is -0.924. The molecule has 3 N–H and O–H groups in total. The maximum absolute atomic E-state index is 12.4. The fraction of sp³-hybridized carbons (Fsp3) is 0.105. The molecule has 0 aliphatic heterocycles. The summed E-state index contributed by atoms with van der Waals surface area (Å²) >= 11 is 0. The SMILES string of the molecule is CC(=O)Oc1ccc(-c2oc3cc(O)cc(O)c3c(=O)c2O)cc1OC(C)=O. The van der Waals surface area contributed by atoms with Gasteiger partial charge in [0.15, 0.2) is 17.3 Å². The maximum atomic E-state index is 12.4. The maximum Gasteiger partial charge on any atom is 0.308 e. The summed E-state index contributed by atoms with van der Waals surface area (Å²) in [6.07, 6.45) is 0. The van der Waals surface area contributed by atoms with Crippen molar-refractivity contribution in [2.45, 2.75) is 13.8 Å². The van der Waals surface area contributed by atoms with Crippen molar-refractivity contribution >= 4 is 22.9 Å². The first-order valence-corrected chi connectivity index (χ1v) is 7.90. The molecule has 9 heteroatoms. The third-order valence-electron chi connectivity index (χ3n) is 3.65. The quantitative estimate of drug-likeness (QED) is 0.456. The van der Waals surface area contributed by atoms with Crippen molar-refractivity contribution in [2.24, 2.45) is 0 Å². The summed E-state index contributed by atoms with van der Waals surface area (Å²) in [5.41, 5.74) is -0.980. The molecule has 0 saturated heterocycles. The van der Waals surface area contributed by atoms with E-state index in [1.165, 1.54) is 25.1 Å². The molecular weight excluding hydrogens is 372 g/mol. The topological polar surface area (TPSA) is 144 Å². The zero-order valence-corrected chi connectivity index (χ0v) is 14.7. The van der Waals surface area contributed by atoms with E-state index in [1.54, 1.807) is 0 Å². The molecule has 3 aromatic rings. The predicted octanol–water partition coefficient (Wildman–Crippen LogP) is 2.43. The van der Waals surface area contributed by atoms with Crippen LogP contribution in [0, 0.1) is 0 Å². The van der Waals surface area contributed by atoms with Crippen molar-refractivity contribution in [3.05, 3.63) is 40.6 Å². The van der Waals surface area contributed by atoms with Gasteiger partial charge in [-0.3, -0.25) is 14.4 Å². The van der Waals surface area contributed by atoms with Crippen LogP contribution in [0.3, 0.4) is 0 Å². The van der Waals surface area contributed by atoms with E-state index in [1.807, 2.05) is 0 Å². The molecule has 1 heterocycles. The fourth-order valence-corrected chi connectivity index (χ4v) is 2.59. The highest BCUT2D eigenvalue weighted by Crippen LogP contribution is 2.38. The molecule has 144 valence electrons. The van der Waals surface area contributed by atoms with Gasteiger partial charge in [-0.15, -0.1) is 0 Å². The standard InChI is InChI=1S/C19H14O9/c1-8(20)26-13-4-3-10(5-14(13)27-9(2)21)19-18(25)17(24)16-12(23)6-11(22)7-15(16)28-19/h3-7,22-23,25H,1-2H3. The third-order valence-corrected chi connectivity index (χ3v) is 3.65. The minimum absolute atomic E-state index is 0.0515. The van der Waals surface area contributed by atoms with E-state index >= 15 is 0 Å². The van der Waals surface area contributed by atoms with Gasteiger partial charge in [-0.25, -0.2) is 0 Å². The molecule has 0 fully saturated rings. The van der Waals surface area contributed by atoms with Gasteiger partial charge in [-0.05, 0) is 18.2 Å². The van der Waals surface area contributed by atoms with Crippen LogP contribution in [0.4, 0.5) is 0 Å². The highest BCUT2D eigenvalue weighted by atomic mass is 16.6. The summed E-state index contributed by atoms with van der Waals surface area (Å²) in [6.45, 7) is 2.31. The number of ether oxygens (including phenoxy) is 2. The fourth-order valence-electron chi connectivity index (χ4n) is 2.59. The number of phenols is 2. The molecule has 28 heavy (non-hydrogen) atoms. The molecule has 2 aromatic carbocycles. The highest BCUT2D eigenvalue weighted by Gasteiger charge is 2.20.